The maximum absolute atomic E-state index is 11.1. The van der Waals surface area contributed by atoms with E-state index in [2.05, 4.69) is 0 Å². The molecule has 0 aliphatic rings. The fourth-order valence-electron chi connectivity index (χ4n) is 1.81. The summed E-state index contributed by atoms with van der Waals surface area (Å²) in [6, 6.07) is 3.97. The second kappa shape index (κ2) is 4.31. The van der Waals surface area contributed by atoms with E-state index in [9.17, 15) is 21.9 Å². The molecule has 0 bridgehead atoms. The lowest BCUT2D eigenvalue weighted by atomic mass is 10.1. The monoisotopic (exact) mass is 319 g/mol. The Morgan fingerprint density at radius 1 is 0.800 bits per heavy atom. The van der Waals surface area contributed by atoms with Crippen LogP contribution in [0.5, 0.6) is 5.75 Å². The highest BCUT2D eigenvalue weighted by Gasteiger charge is 2.21. The van der Waals surface area contributed by atoms with Crippen LogP contribution in [0, 0.1) is 0 Å². The number of rotatable bonds is 2. The average molecular weight is 319 g/mol. The Balaban J connectivity index is 2.93. The first-order valence-electron chi connectivity index (χ1n) is 5.02. The van der Waals surface area contributed by atoms with Crippen LogP contribution in [0.15, 0.2) is 34.1 Å². The maximum atomic E-state index is 11.1. The molecule has 0 aliphatic carbocycles. The number of nitrogen functional groups attached to an aromatic ring is 1. The number of hydrogen-bond acceptors (Lipinski definition) is 6. The number of phenols is 1. The Bertz CT molecular complexity index is 839. The van der Waals surface area contributed by atoms with Gasteiger partial charge in [-0.05, 0) is 18.2 Å². The minimum atomic E-state index is -4.63. The van der Waals surface area contributed by atoms with Crippen LogP contribution < -0.4 is 5.73 Å². The van der Waals surface area contributed by atoms with E-state index in [1.807, 2.05) is 0 Å². The van der Waals surface area contributed by atoms with Crippen molar-refractivity contribution in [2.75, 3.05) is 5.73 Å². The second-order valence-corrected chi connectivity index (χ2v) is 6.71. The van der Waals surface area contributed by atoms with Crippen molar-refractivity contribution >= 4 is 36.7 Å². The summed E-state index contributed by atoms with van der Waals surface area (Å²) in [6.07, 6.45) is 0. The molecular weight excluding hydrogens is 310 g/mol. The van der Waals surface area contributed by atoms with Gasteiger partial charge in [0, 0.05) is 10.8 Å². The maximum Gasteiger partial charge on any atom is 0.298 e. The first kappa shape index (κ1) is 14.5. The summed E-state index contributed by atoms with van der Waals surface area (Å²) < 4.78 is 62.1. The van der Waals surface area contributed by atoms with E-state index in [-0.39, 0.29) is 16.5 Å². The molecule has 8 nitrogen and oxygen atoms in total. The molecule has 108 valence electrons. The summed E-state index contributed by atoms with van der Waals surface area (Å²) >= 11 is 0. The van der Waals surface area contributed by atoms with Gasteiger partial charge >= 0.3 is 0 Å². The van der Waals surface area contributed by atoms with Gasteiger partial charge in [0.2, 0.25) is 0 Å². The highest BCUT2D eigenvalue weighted by atomic mass is 32.2. The number of phenolic OH excluding ortho intramolecular Hbond substituents is 1. The quantitative estimate of drug-likeness (QED) is 0.463. The Hall–Kier alpha value is -1.88. The SMILES string of the molecule is Nc1c(S(=O)(=O)O)ccc2c(O)c(S(=O)(=O)O)ccc12. The molecule has 2 aromatic rings. The zero-order valence-corrected chi connectivity index (χ0v) is 11.3. The van der Waals surface area contributed by atoms with Crippen LogP contribution in [0.3, 0.4) is 0 Å². The van der Waals surface area contributed by atoms with Crippen molar-refractivity contribution in [1.82, 2.24) is 0 Å². The van der Waals surface area contributed by atoms with Gasteiger partial charge in [-0.1, -0.05) is 6.07 Å². The minimum Gasteiger partial charge on any atom is -0.506 e. The molecule has 10 heteroatoms. The van der Waals surface area contributed by atoms with Gasteiger partial charge in [0.05, 0.1) is 5.69 Å². The van der Waals surface area contributed by atoms with Crippen LogP contribution in [0.1, 0.15) is 0 Å². The van der Waals surface area contributed by atoms with E-state index in [1.165, 1.54) is 0 Å². The molecule has 0 radical (unpaired) electrons. The molecule has 5 N–H and O–H groups in total. The van der Waals surface area contributed by atoms with E-state index in [4.69, 9.17) is 14.8 Å². The molecule has 0 saturated heterocycles. The van der Waals surface area contributed by atoms with Crippen molar-refractivity contribution in [3.8, 4) is 5.75 Å². The van der Waals surface area contributed by atoms with Crippen LogP contribution in [-0.2, 0) is 20.2 Å². The Morgan fingerprint density at radius 2 is 1.25 bits per heavy atom. The Morgan fingerprint density at radius 3 is 1.75 bits per heavy atom. The van der Waals surface area contributed by atoms with Gasteiger partial charge in [0.25, 0.3) is 20.2 Å². The summed E-state index contributed by atoms with van der Waals surface area (Å²) in [4.78, 5) is -1.30. The van der Waals surface area contributed by atoms with Crippen LogP contribution in [0.2, 0.25) is 0 Å². The van der Waals surface area contributed by atoms with Gasteiger partial charge in [-0.15, -0.1) is 0 Å². The lowest BCUT2D eigenvalue weighted by Crippen LogP contribution is -2.04. The summed E-state index contributed by atoms with van der Waals surface area (Å²) in [5.41, 5.74) is 5.23. The smallest absolute Gasteiger partial charge is 0.298 e. The highest BCUT2D eigenvalue weighted by Crippen LogP contribution is 2.36. The summed E-state index contributed by atoms with van der Waals surface area (Å²) in [7, 11) is -9.19. The van der Waals surface area contributed by atoms with E-state index < -0.39 is 35.8 Å². The Kier molecular flexibility index (Phi) is 3.13. The number of anilines is 1. The number of aromatic hydroxyl groups is 1. The molecule has 0 fully saturated rings. The molecule has 0 spiro atoms. The highest BCUT2D eigenvalue weighted by molar-refractivity contribution is 7.86. The number of benzene rings is 2. The van der Waals surface area contributed by atoms with Gasteiger partial charge in [-0.3, -0.25) is 9.11 Å². The zero-order chi connectivity index (χ0) is 15.3. The first-order chi connectivity index (χ1) is 9.03. The minimum absolute atomic E-state index is 0.0185. The van der Waals surface area contributed by atoms with E-state index in [1.54, 1.807) is 0 Å². The predicted octanol–water partition coefficient (Wildman–Crippen LogP) is 0.621. The Labute approximate surface area is 114 Å². The molecule has 0 aliphatic heterocycles. The van der Waals surface area contributed by atoms with Crippen LogP contribution in [0.25, 0.3) is 10.8 Å². The second-order valence-electron chi connectivity index (χ2n) is 3.93. The van der Waals surface area contributed by atoms with Gasteiger partial charge in [-0.25, -0.2) is 0 Å². The molecule has 0 aromatic heterocycles. The van der Waals surface area contributed by atoms with E-state index >= 15 is 0 Å². The summed E-state index contributed by atoms with van der Waals surface area (Å²) in [6.45, 7) is 0. The normalized spacial score (nSPS) is 12.7. The van der Waals surface area contributed by atoms with Crippen molar-refractivity contribution < 1.29 is 31.0 Å². The predicted molar refractivity (Wildman–Crippen MR) is 69.7 cm³/mol. The van der Waals surface area contributed by atoms with Crippen LogP contribution in [-0.4, -0.2) is 31.0 Å². The molecule has 0 unspecified atom stereocenters. The number of hydrogen-bond donors (Lipinski definition) is 4. The van der Waals surface area contributed by atoms with Crippen molar-refractivity contribution in [3.05, 3.63) is 24.3 Å². The lowest BCUT2D eigenvalue weighted by molar-refractivity contribution is 0.448. The topological polar surface area (TPSA) is 155 Å². The van der Waals surface area contributed by atoms with Gasteiger partial charge in [-0.2, -0.15) is 16.8 Å². The third-order valence-electron chi connectivity index (χ3n) is 2.69. The van der Waals surface area contributed by atoms with E-state index in [0.717, 1.165) is 24.3 Å². The molecular formula is C10H9NO7S2. The average Bonchev–Trinajstić information content (AvgIpc) is 2.27. The number of nitrogens with two attached hydrogens (primary N) is 1. The van der Waals surface area contributed by atoms with Crippen molar-refractivity contribution in [2.45, 2.75) is 9.79 Å². The molecule has 0 saturated carbocycles. The van der Waals surface area contributed by atoms with Gasteiger partial charge in [0.1, 0.15) is 15.5 Å². The molecule has 0 heterocycles. The molecule has 20 heavy (non-hydrogen) atoms. The third-order valence-corrected chi connectivity index (χ3v) is 4.49. The van der Waals surface area contributed by atoms with E-state index in [0.29, 0.717) is 0 Å². The summed E-state index contributed by atoms with van der Waals surface area (Å²) in [5.74, 6) is -0.765. The van der Waals surface area contributed by atoms with Crippen LogP contribution in [0.4, 0.5) is 5.69 Å². The van der Waals surface area contributed by atoms with Gasteiger partial charge < -0.3 is 10.8 Å². The van der Waals surface area contributed by atoms with Crippen molar-refractivity contribution in [1.29, 1.82) is 0 Å². The largest absolute Gasteiger partial charge is 0.506 e. The van der Waals surface area contributed by atoms with Crippen molar-refractivity contribution in [2.24, 2.45) is 0 Å². The first-order valence-corrected chi connectivity index (χ1v) is 7.90. The fraction of sp³-hybridized carbons (Fsp3) is 0. The van der Waals surface area contributed by atoms with Crippen molar-refractivity contribution in [3.63, 3.8) is 0 Å². The number of fused-ring (bicyclic) bond motifs is 1. The molecule has 0 amide bonds. The zero-order valence-electron chi connectivity index (χ0n) is 9.68. The van der Waals surface area contributed by atoms with Crippen LogP contribution >= 0.6 is 0 Å². The summed E-state index contributed by atoms with van der Waals surface area (Å²) in [5, 5.41) is 9.74. The molecule has 2 rings (SSSR count). The third kappa shape index (κ3) is 2.29. The van der Waals surface area contributed by atoms with Gasteiger partial charge in [0.15, 0.2) is 0 Å². The molecule has 0 atom stereocenters. The molecule has 2 aromatic carbocycles. The fourth-order valence-corrected chi connectivity index (χ4v) is 3.03. The lowest BCUT2D eigenvalue weighted by Gasteiger charge is -2.10. The standard InChI is InChI=1S/C10H9NO7S2/c11-9-5-1-4-8(20(16,17)18)10(12)6(5)2-3-7(9)19(13,14)15/h1-4,12H,11H2,(H,13,14,15)(H,16,17,18).